The van der Waals surface area contributed by atoms with Crippen molar-refractivity contribution < 1.29 is 24.2 Å². The summed E-state index contributed by atoms with van der Waals surface area (Å²) < 4.78 is 5.48. The number of aliphatic hydroxyl groups excluding tert-OH is 1. The number of anilines is 1. The molecule has 36 heavy (non-hydrogen) atoms. The largest absolute Gasteiger partial charge is 0.449 e. The molecule has 8 heteroatoms. The summed E-state index contributed by atoms with van der Waals surface area (Å²) in [4.78, 5) is 37.4. The summed E-state index contributed by atoms with van der Waals surface area (Å²) in [6, 6.07) is 21.1. The highest BCUT2D eigenvalue weighted by Gasteiger charge is 2.29. The van der Waals surface area contributed by atoms with E-state index in [-0.39, 0.29) is 19.1 Å². The Labute approximate surface area is 209 Å². The molecule has 186 valence electrons. The van der Waals surface area contributed by atoms with Gasteiger partial charge in [0.15, 0.2) is 0 Å². The van der Waals surface area contributed by atoms with Gasteiger partial charge in [0, 0.05) is 11.6 Å². The number of hydrogen-bond acceptors (Lipinski definition) is 5. The van der Waals surface area contributed by atoms with Gasteiger partial charge in [-0.25, -0.2) is 4.79 Å². The first-order valence-electron chi connectivity index (χ1n) is 11.8. The normalized spacial score (nSPS) is 13.6. The van der Waals surface area contributed by atoms with Crippen LogP contribution in [-0.4, -0.2) is 41.7 Å². The van der Waals surface area contributed by atoms with Crippen LogP contribution in [0.1, 0.15) is 36.5 Å². The fraction of sp³-hybridized carbons (Fsp3) is 0.250. The molecular weight excluding hydrogens is 458 g/mol. The summed E-state index contributed by atoms with van der Waals surface area (Å²) >= 11 is 0. The Bertz CT molecular complexity index is 1210. The quantitative estimate of drug-likeness (QED) is 0.388. The van der Waals surface area contributed by atoms with Gasteiger partial charge in [0.1, 0.15) is 18.7 Å². The van der Waals surface area contributed by atoms with E-state index in [0.29, 0.717) is 5.69 Å². The van der Waals surface area contributed by atoms with Crippen LogP contribution in [-0.2, 0) is 20.9 Å². The molecule has 0 radical (unpaired) electrons. The van der Waals surface area contributed by atoms with Crippen molar-refractivity contribution in [3.63, 3.8) is 0 Å². The van der Waals surface area contributed by atoms with Crippen molar-refractivity contribution in [1.29, 1.82) is 0 Å². The van der Waals surface area contributed by atoms with Gasteiger partial charge >= 0.3 is 6.09 Å². The minimum absolute atomic E-state index is 0.0811. The van der Waals surface area contributed by atoms with E-state index in [1.54, 1.807) is 31.2 Å². The average molecular weight is 488 g/mol. The van der Waals surface area contributed by atoms with E-state index in [1.165, 1.54) is 6.92 Å². The summed E-state index contributed by atoms with van der Waals surface area (Å²) in [6.07, 6.45) is -0.708. The zero-order valence-corrected chi connectivity index (χ0v) is 20.2. The molecule has 0 fully saturated rings. The Balaban J connectivity index is 1.27. The lowest BCUT2D eigenvalue weighted by molar-refractivity contribution is -0.127. The van der Waals surface area contributed by atoms with Crippen molar-refractivity contribution in [2.24, 2.45) is 0 Å². The molecule has 4 rings (SSSR count). The number of amides is 3. The van der Waals surface area contributed by atoms with E-state index < -0.39 is 30.0 Å². The lowest BCUT2D eigenvalue weighted by atomic mass is 9.98. The standard InChI is InChI=1S/C28H29N3O5/c1-17(27(34)31-20-13-11-19(15-32)12-14-20)29-26(33)18(2)30-28(35)36-16-25-23-9-5-3-7-21(23)22-8-4-6-10-24(22)25/h3-14,17-18,25,32H,15-16H2,1-2H3,(H,29,33)(H,30,35)(H,31,34)/t17-,18-/m0/s1. The maximum Gasteiger partial charge on any atom is 0.407 e. The number of hydrogen-bond donors (Lipinski definition) is 4. The van der Waals surface area contributed by atoms with Gasteiger partial charge in [0.05, 0.1) is 6.61 Å². The number of nitrogens with one attached hydrogen (secondary N) is 3. The molecule has 3 aromatic rings. The van der Waals surface area contributed by atoms with Crippen LogP contribution in [0.4, 0.5) is 10.5 Å². The van der Waals surface area contributed by atoms with Crippen molar-refractivity contribution in [1.82, 2.24) is 10.6 Å². The van der Waals surface area contributed by atoms with Crippen molar-refractivity contribution in [3.8, 4) is 11.1 Å². The maximum absolute atomic E-state index is 12.5. The van der Waals surface area contributed by atoms with Crippen LogP contribution in [0.2, 0.25) is 0 Å². The second-order valence-electron chi connectivity index (χ2n) is 8.77. The smallest absolute Gasteiger partial charge is 0.407 e. The van der Waals surface area contributed by atoms with Crippen LogP contribution in [0, 0.1) is 0 Å². The topological polar surface area (TPSA) is 117 Å². The molecular formula is C28H29N3O5. The van der Waals surface area contributed by atoms with Crippen LogP contribution >= 0.6 is 0 Å². The second kappa shape index (κ2) is 11.0. The number of benzene rings is 3. The van der Waals surface area contributed by atoms with Gasteiger partial charge in [-0.15, -0.1) is 0 Å². The van der Waals surface area contributed by atoms with E-state index in [9.17, 15) is 14.4 Å². The Hall–Kier alpha value is -4.17. The first kappa shape index (κ1) is 24.9. The number of aliphatic hydroxyl groups is 1. The van der Waals surface area contributed by atoms with E-state index >= 15 is 0 Å². The minimum atomic E-state index is -0.903. The van der Waals surface area contributed by atoms with Gasteiger partial charge in [-0.05, 0) is 53.8 Å². The Kier molecular flexibility index (Phi) is 7.65. The lowest BCUT2D eigenvalue weighted by Gasteiger charge is -2.19. The minimum Gasteiger partial charge on any atom is -0.449 e. The molecule has 3 amide bonds. The molecule has 0 heterocycles. The summed E-state index contributed by atoms with van der Waals surface area (Å²) in [5.41, 5.74) is 5.73. The maximum atomic E-state index is 12.5. The fourth-order valence-electron chi connectivity index (χ4n) is 4.23. The van der Waals surface area contributed by atoms with Crippen molar-refractivity contribution in [2.75, 3.05) is 11.9 Å². The summed E-state index contributed by atoms with van der Waals surface area (Å²) in [7, 11) is 0. The fourth-order valence-corrected chi connectivity index (χ4v) is 4.23. The molecule has 0 aromatic heterocycles. The predicted octanol–water partition coefficient (Wildman–Crippen LogP) is 3.55. The van der Waals surface area contributed by atoms with E-state index in [0.717, 1.165) is 27.8 Å². The van der Waals surface area contributed by atoms with Crippen molar-refractivity contribution >= 4 is 23.6 Å². The molecule has 0 aliphatic heterocycles. The zero-order valence-electron chi connectivity index (χ0n) is 20.2. The van der Waals surface area contributed by atoms with Gasteiger partial charge < -0.3 is 25.8 Å². The second-order valence-corrected chi connectivity index (χ2v) is 8.77. The molecule has 1 aliphatic rings. The summed E-state index contributed by atoms with van der Waals surface area (Å²) in [6.45, 7) is 3.13. The summed E-state index contributed by atoms with van der Waals surface area (Å²) in [5.74, 6) is -1.00. The van der Waals surface area contributed by atoms with Gasteiger partial charge in [0.2, 0.25) is 11.8 Å². The number of carbonyl (C=O) groups excluding carboxylic acids is 3. The van der Waals surface area contributed by atoms with Gasteiger partial charge in [0.25, 0.3) is 0 Å². The van der Waals surface area contributed by atoms with Crippen LogP contribution < -0.4 is 16.0 Å². The highest BCUT2D eigenvalue weighted by atomic mass is 16.5. The molecule has 1 aliphatic carbocycles. The third-order valence-electron chi connectivity index (χ3n) is 6.23. The third kappa shape index (κ3) is 5.55. The molecule has 8 nitrogen and oxygen atoms in total. The summed E-state index contributed by atoms with van der Waals surface area (Å²) in [5, 5.41) is 16.9. The van der Waals surface area contributed by atoms with E-state index in [1.807, 2.05) is 36.4 Å². The van der Waals surface area contributed by atoms with Crippen LogP contribution in [0.15, 0.2) is 72.8 Å². The molecule has 0 saturated heterocycles. The Morgan fingerprint density at radius 1 is 0.806 bits per heavy atom. The molecule has 0 bridgehead atoms. The Morgan fingerprint density at radius 2 is 1.36 bits per heavy atom. The SMILES string of the molecule is C[C@H](NC(=O)OCC1c2ccccc2-c2ccccc21)C(=O)N[C@@H](C)C(=O)Nc1ccc(CO)cc1. The zero-order chi connectivity index (χ0) is 25.7. The van der Waals surface area contributed by atoms with Crippen molar-refractivity contribution in [3.05, 3.63) is 89.5 Å². The molecule has 4 N–H and O–H groups in total. The molecule has 0 saturated carbocycles. The van der Waals surface area contributed by atoms with Gasteiger partial charge in [-0.3, -0.25) is 9.59 Å². The van der Waals surface area contributed by atoms with Crippen LogP contribution in [0.3, 0.4) is 0 Å². The average Bonchev–Trinajstić information content (AvgIpc) is 3.21. The first-order chi connectivity index (χ1) is 17.4. The number of alkyl carbamates (subject to hydrolysis) is 1. The lowest BCUT2D eigenvalue weighted by Crippen LogP contribution is -2.50. The number of carbonyl (C=O) groups is 3. The molecule has 0 unspecified atom stereocenters. The molecule has 2 atom stereocenters. The Morgan fingerprint density at radius 3 is 1.94 bits per heavy atom. The number of rotatable bonds is 8. The number of ether oxygens (including phenoxy) is 1. The van der Waals surface area contributed by atoms with Crippen LogP contribution in [0.5, 0.6) is 0 Å². The van der Waals surface area contributed by atoms with E-state index in [4.69, 9.17) is 9.84 Å². The molecule has 3 aromatic carbocycles. The highest BCUT2D eigenvalue weighted by Crippen LogP contribution is 2.44. The molecule has 0 spiro atoms. The number of fused-ring (bicyclic) bond motifs is 3. The monoisotopic (exact) mass is 487 g/mol. The van der Waals surface area contributed by atoms with E-state index in [2.05, 4.69) is 28.1 Å². The predicted molar refractivity (Wildman–Crippen MR) is 136 cm³/mol. The highest BCUT2D eigenvalue weighted by molar-refractivity contribution is 5.97. The van der Waals surface area contributed by atoms with Gasteiger partial charge in [-0.1, -0.05) is 60.7 Å². The van der Waals surface area contributed by atoms with Crippen LogP contribution in [0.25, 0.3) is 11.1 Å². The van der Waals surface area contributed by atoms with Crippen molar-refractivity contribution in [2.45, 2.75) is 38.5 Å². The first-order valence-corrected chi connectivity index (χ1v) is 11.8. The van der Waals surface area contributed by atoms with Gasteiger partial charge in [-0.2, -0.15) is 0 Å². The third-order valence-corrected chi connectivity index (χ3v) is 6.23.